The van der Waals surface area contributed by atoms with Gasteiger partial charge in [0.25, 0.3) is 0 Å². The van der Waals surface area contributed by atoms with Gasteiger partial charge in [0, 0.05) is 5.56 Å². The minimum absolute atomic E-state index is 0.698. The quantitative estimate of drug-likeness (QED) is 0.150. The highest BCUT2D eigenvalue weighted by Gasteiger charge is 2.42. The topological polar surface area (TPSA) is 69.6 Å². The number of nitrogens with two attached hydrogens (primary N) is 1. The number of aromatic nitrogens is 4. The van der Waals surface area contributed by atoms with E-state index in [1.54, 1.807) is 0 Å². The molecule has 5 nitrogen and oxygen atoms in total. The molecule has 41 heavy (non-hydrogen) atoms. The second-order valence-corrected chi connectivity index (χ2v) is 10.2. The molecular weight excluding hydrogens is 502 g/mol. The molecule has 2 N–H and O–H groups in total. The summed E-state index contributed by atoms with van der Waals surface area (Å²) in [6.45, 7) is 0.733. The molecule has 5 aromatic carbocycles. The maximum atomic E-state index is 5.69. The zero-order valence-electron chi connectivity index (χ0n) is 23.0. The van der Waals surface area contributed by atoms with E-state index < -0.39 is 5.54 Å². The SMILES string of the molecule is NCCCCc1ccc(-c2ccccc2-c2nnnn2C(c2ccccc2)(c2ccccc2)c2ccccc2)cc1. The third-order valence-electron chi connectivity index (χ3n) is 7.71. The number of nitrogens with zero attached hydrogens (tertiary/aromatic N) is 4. The molecule has 0 aliphatic rings. The number of benzene rings is 5. The fraction of sp³-hybridized carbons (Fsp3) is 0.139. The molecular formula is C36H33N5. The fourth-order valence-electron chi connectivity index (χ4n) is 5.74. The van der Waals surface area contributed by atoms with E-state index >= 15 is 0 Å². The number of hydrogen-bond donors (Lipinski definition) is 1. The molecule has 0 saturated heterocycles. The van der Waals surface area contributed by atoms with Crippen LogP contribution < -0.4 is 5.73 Å². The first-order valence-corrected chi connectivity index (χ1v) is 14.2. The first-order chi connectivity index (χ1) is 20.3. The van der Waals surface area contributed by atoms with Crippen LogP contribution in [0.3, 0.4) is 0 Å². The van der Waals surface area contributed by atoms with E-state index in [-0.39, 0.29) is 0 Å². The summed E-state index contributed by atoms with van der Waals surface area (Å²) in [7, 11) is 0. The summed E-state index contributed by atoms with van der Waals surface area (Å²) in [6.07, 6.45) is 3.17. The summed E-state index contributed by atoms with van der Waals surface area (Å²) in [5.41, 5.74) is 12.6. The van der Waals surface area contributed by atoms with Gasteiger partial charge in [0.1, 0.15) is 5.54 Å². The first kappa shape index (κ1) is 26.4. The normalized spacial score (nSPS) is 11.4. The van der Waals surface area contributed by atoms with Crippen molar-refractivity contribution in [3.05, 3.63) is 162 Å². The summed E-state index contributed by atoms with van der Waals surface area (Å²) in [6, 6.07) is 48.7. The number of tetrazole rings is 1. The Morgan fingerprint density at radius 3 is 1.61 bits per heavy atom. The largest absolute Gasteiger partial charge is 0.330 e. The van der Waals surface area contributed by atoms with Crippen molar-refractivity contribution in [2.45, 2.75) is 24.8 Å². The van der Waals surface area contributed by atoms with Crippen molar-refractivity contribution >= 4 is 0 Å². The summed E-state index contributed by atoms with van der Waals surface area (Å²) >= 11 is 0. The minimum atomic E-state index is -0.803. The van der Waals surface area contributed by atoms with Crippen LogP contribution in [0.5, 0.6) is 0 Å². The van der Waals surface area contributed by atoms with Crippen LogP contribution in [-0.4, -0.2) is 26.8 Å². The Balaban J connectivity index is 1.55. The van der Waals surface area contributed by atoms with E-state index in [0.29, 0.717) is 5.82 Å². The standard InChI is InChI=1S/C36H33N5/c37-27-13-12-14-28-23-25-29(26-24-28)33-21-10-11-22-34(33)35-38-39-40-41(35)36(30-15-4-1-5-16-30,31-17-6-2-7-18-31)32-19-8-3-9-20-32/h1-11,15-26H,12-14,27,37H2. The van der Waals surface area contributed by atoms with Gasteiger partial charge in [-0.3, -0.25) is 0 Å². The van der Waals surface area contributed by atoms with Gasteiger partial charge in [0.15, 0.2) is 5.82 Å². The van der Waals surface area contributed by atoms with E-state index in [1.165, 1.54) is 5.56 Å². The lowest BCUT2D eigenvalue weighted by atomic mass is 9.77. The number of unbranched alkanes of at least 4 members (excludes halogenated alkanes) is 1. The van der Waals surface area contributed by atoms with Crippen LogP contribution in [0.15, 0.2) is 140 Å². The highest BCUT2D eigenvalue weighted by molar-refractivity contribution is 5.81. The van der Waals surface area contributed by atoms with Gasteiger partial charge < -0.3 is 5.73 Å². The molecule has 0 amide bonds. The predicted octanol–water partition coefficient (Wildman–Crippen LogP) is 7.13. The monoisotopic (exact) mass is 535 g/mol. The Labute approximate surface area is 241 Å². The van der Waals surface area contributed by atoms with Crippen LogP contribution in [0.2, 0.25) is 0 Å². The zero-order valence-corrected chi connectivity index (χ0v) is 23.0. The molecule has 0 aliphatic carbocycles. The molecule has 6 aromatic rings. The van der Waals surface area contributed by atoms with Crippen LogP contribution >= 0.6 is 0 Å². The van der Waals surface area contributed by atoms with Crippen LogP contribution in [0.1, 0.15) is 35.1 Å². The minimum Gasteiger partial charge on any atom is -0.330 e. The highest BCUT2D eigenvalue weighted by atomic mass is 15.6. The Hall–Kier alpha value is -4.87. The smallest absolute Gasteiger partial charge is 0.184 e. The van der Waals surface area contributed by atoms with Crippen molar-refractivity contribution in [1.29, 1.82) is 0 Å². The third kappa shape index (κ3) is 5.08. The summed E-state index contributed by atoms with van der Waals surface area (Å²) in [5, 5.41) is 13.7. The molecule has 1 aromatic heterocycles. The van der Waals surface area contributed by atoms with Gasteiger partial charge in [-0.1, -0.05) is 140 Å². The van der Waals surface area contributed by atoms with E-state index in [9.17, 15) is 0 Å². The van der Waals surface area contributed by atoms with Crippen LogP contribution in [-0.2, 0) is 12.0 Å². The molecule has 0 fully saturated rings. The molecule has 0 bridgehead atoms. The number of hydrogen-bond acceptors (Lipinski definition) is 4. The lowest BCUT2D eigenvalue weighted by molar-refractivity contribution is 0.451. The molecule has 0 unspecified atom stereocenters. The number of rotatable bonds is 10. The zero-order chi connectivity index (χ0) is 27.9. The first-order valence-electron chi connectivity index (χ1n) is 14.2. The molecule has 1 heterocycles. The molecule has 5 heteroatoms. The van der Waals surface area contributed by atoms with E-state index in [4.69, 9.17) is 10.9 Å². The molecule has 6 rings (SSSR count). The average molecular weight is 536 g/mol. The molecule has 0 spiro atoms. The molecule has 0 atom stereocenters. The molecule has 0 aliphatic heterocycles. The Bertz CT molecular complexity index is 1580. The fourth-order valence-corrected chi connectivity index (χ4v) is 5.74. The van der Waals surface area contributed by atoms with E-state index in [1.807, 2.05) is 28.9 Å². The second kappa shape index (κ2) is 12.1. The lowest BCUT2D eigenvalue weighted by Gasteiger charge is -2.36. The van der Waals surface area contributed by atoms with Gasteiger partial charge in [-0.25, -0.2) is 4.68 Å². The van der Waals surface area contributed by atoms with Crippen LogP contribution in [0.25, 0.3) is 22.5 Å². The Morgan fingerprint density at radius 2 is 1.07 bits per heavy atom. The second-order valence-electron chi connectivity index (χ2n) is 10.2. The highest BCUT2D eigenvalue weighted by Crippen LogP contribution is 2.43. The molecule has 0 radical (unpaired) electrons. The van der Waals surface area contributed by atoms with Crippen molar-refractivity contribution in [3.8, 4) is 22.5 Å². The Kier molecular flexibility index (Phi) is 7.79. The van der Waals surface area contributed by atoms with E-state index in [0.717, 1.165) is 59.2 Å². The van der Waals surface area contributed by atoms with Crippen molar-refractivity contribution in [2.75, 3.05) is 6.54 Å². The number of aryl methyl sites for hydroxylation is 1. The van der Waals surface area contributed by atoms with Crippen LogP contribution in [0.4, 0.5) is 0 Å². The van der Waals surface area contributed by atoms with Crippen molar-refractivity contribution in [3.63, 3.8) is 0 Å². The van der Waals surface area contributed by atoms with Crippen molar-refractivity contribution in [2.24, 2.45) is 5.73 Å². The van der Waals surface area contributed by atoms with Crippen LogP contribution in [0, 0.1) is 0 Å². The van der Waals surface area contributed by atoms with Gasteiger partial charge in [0.2, 0.25) is 0 Å². The molecule has 202 valence electrons. The summed E-state index contributed by atoms with van der Waals surface area (Å²) in [5.74, 6) is 0.698. The van der Waals surface area contributed by atoms with Gasteiger partial charge in [-0.2, -0.15) is 0 Å². The summed E-state index contributed by atoms with van der Waals surface area (Å²) in [4.78, 5) is 0. The third-order valence-corrected chi connectivity index (χ3v) is 7.71. The maximum absolute atomic E-state index is 5.69. The van der Waals surface area contributed by atoms with Gasteiger partial charge >= 0.3 is 0 Å². The lowest BCUT2D eigenvalue weighted by Crippen LogP contribution is -2.39. The van der Waals surface area contributed by atoms with Crippen molar-refractivity contribution < 1.29 is 0 Å². The summed E-state index contributed by atoms with van der Waals surface area (Å²) < 4.78 is 1.99. The maximum Gasteiger partial charge on any atom is 0.184 e. The van der Waals surface area contributed by atoms with Gasteiger partial charge in [0.05, 0.1) is 0 Å². The van der Waals surface area contributed by atoms with E-state index in [2.05, 4.69) is 126 Å². The van der Waals surface area contributed by atoms with Gasteiger partial charge in [-0.05, 0) is 69.6 Å². The Morgan fingerprint density at radius 1 is 0.561 bits per heavy atom. The van der Waals surface area contributed by atoms with Crippen molar-refractivity contribution in [1.82, 2.24) is 20.2 Å². The molecule has 0 saturated carbocycles. The average Bonchev–Trinajstić information content (AvgIpc) is 3.54. The van der Waals surface area contributed by atoms with Gasteiger partial charge in [-0.15, -0.1) is 5.10 Å². The predicted molar refractivity (Wildman–Crippen MR) is 165 cm³/mol.